The molecule has 5 heteroatoms. The fourth-order valence-corrected chi connectivity index (χ4v) is 4.14. The average molecular weight is 362 g/mol. The molecule has 0 spiro atoms. The molecular weight excluding hydrogens is 326 g/mol. The maximum Gasteiger partial charge on any atom is 0.125 e. The Morgan fingerprint density at radius 2 is 1.88 bits per heavy atom. The van der Waals surface area contributed by atoms with Gasteiger partial charge in [-0.1, -0.05) is 27.7 Å². The number of hydrogen-bond donors (Lipinski definition) is 2. The summed E-state index contributed by atoms with van der Waals surface area (Å²) in [7, 11) is 0. The Morgan fingerprint density at radius 3 is 2.42 bits per heavy atom. The van der Waals surface area contributed by atoms with Gasteiger partial charge in [-0.3, -0.25) is 5.43 Å². The molecule has 1 heterocycles. The van der Waals surface area contributed by atoms with Crippen LogP contribution in [0.1, 0.15) is 67.9 Å². The van der Waals surface area contributed by atoms with Crippen molar-refractivity contribution in [2.75, 3.05) is 19.8 Å². The van der Waals surface area contributed by atoms with Crippen LogP contribution in [0.4, 0.5) is 0 Å². The molecule has 1 aromatic carbocycles. The minimum Gasteiger partial charge on any atom is -0.493 e. The first-order valence-corrected chi connectivity index (χ1v) is 9.86. The number of hydrazone groups is 1. The maximum absolute atomic E-state index is 10.3. The summed E-state index contributed by atoms with van der Waals surface area (Å²) in [6.45, 7) is 15.1. The summed E-state index contributed by atoms with van der Waals surface area (Å²) in [6.07, 6.45) is 3.91. The summed E-state index contributed by atoms with van der Waals surface area (Å²) in [5.74, 6) is 1.51. The summed E-state index contributed by atoms with van der Waals surface area (Å²) in [6, 6.07) is 0. The van der Waals surface area contributed by atoms with E-state index in [1.54, 1.807) is 6.34 Å². The Balaban J connectivity index is 2.14. The molecule has 0 aromatic heterocycles. The second-order valence-corrected chi connectivity index (χ2v) is 7.43. The van der Waals surface area contributed by atoms with E-state index in [0.717, 1.165) is 18.6 Å². The number of β-amino-alcohol motifs (C(OH)–C–C–N with tert-alkyl or cyclic N) is 1. The van der Waals surface area contributed by atoms with Crippen molar-refractivity contribution in [1.82, 2.24) is 10.3 Å². The lowest BCUT2D eigenvalue weighted by molar-refractivity contribution is 0.116. The minimum atomic E-state index is -0.424. The molecule has 0 saturated heterocycles. The molecule has 1 aliphatic heterocycles. The van der Waals surface area contributed by atoms with Crippen molar-refractivity contribution in [3.63, 3.8) is 0 Å². The minimum absolute atomic E-state index is 0.424. The Kier molecular flexibility index (Phi) is 7.33. The lowest BCUT2D eigenvalue weighted by atomic mass is 9.84. The zero-order valence-electron chi connectivity index (χ0n) is 17.2. The molecule has 26 heavy (non-hydrogen) atoms. The predicted octanol–water partition coefficient (Wildman–Crippen LogP) is 3.49. The fraction of sp³-hybridized carbons (Fsp3) is 0.667. The Morgan fingerprint density at radius 1 is 1.19 bits per heavy atom. The first kappa shape index (κ1) is 20.6. The second-order valence-electron chi connectivity index (χ2n) is 7.43. The predicted molar refractivity (Wildman–Crippen MR) is 108 cm³/mol. The van der Waals surface area contributed by atoms with Gasteiger partial charge >= 0.3 is 0 Å². The van der Waals surface area contributed by atoms with Crippen LogP contribution in [0.2, 0.25) is 0 Å². The van der Waals surface area contributed by atoms with Gasteiger partial charge in [0.15, 0.2) is 0 Å². The van der Waals surface area contributed by atoms with Crippen LogP contribution in [-0.2, 0) is 12.8 Å². The quantitative estimate of drug-likeness (QED) is 0.707. The van der Waals surface area contributed by atoms with Crippen molar-refractivity contribution in [2.45, 2.75) is 72.8 Å². The van der Waals surface area contributed by atoms with Gasteiger partial charge in [0.05, 0.1) is 12.7 Å². The van der Waals surface area contributed by atoms with Crippen LogP contribution in [-0.4, -0.2) is 42.3 Å². The van der Waals surface area contributed by atoms with Crippen LogP contribution in [0.25, 0.3) is 0 Å². The van der Waals surface area contributed by atoms with E-state index in [4.69, 9.17) is 4.74 Å². The van der Waals surface area contributed by atoms with Crippen LogP contribution in [0.15, 0.2) is 5.10 Å². The first-order valence-electron chi connectivity index (χ1n) is 9.86. The van der Waals surface area contributed by atoms with Crippen LogP contribution in [0.3, 0.4) is 0 Å². The Hall–Kier alpha value is -1.75. The molecule has 0 amide bonds. The van der Waals surface area contributed by atoms with Crippen molar-refractivity contribution < 1.29 is 9.84 Å². The Bertz CT molecular complexity index is 641. The van der Waals surface area contributed by atoms with Crippen molar-refractivity contribution in [3.05, 3.63) is 27.8 Å². The topological polar surface area (TPSA) is 57.1 Å². The largest absolute Gasteiger partial charge is 0.493 e. The number of benzene rings is 1. The smallest absolute Gasteiger partial charge is 0.125 e. The average Bonchev–Trinajstić information content (AvgIpc) is 3.08. The number of aliphatic hydroxyl groups is 1. The number of ether oxygens (including phenoxy) is 1. The first-order chi connectivity index (χ1) is 12.4. The SMILES string of the molecule is CCc1c(C)c(C(C)C)c(C)c(OCCC(O)CN2C=NNC2)c1CC. The number of nitrogens with zero attached hydrogens (tertiary/aromatic N) is 2. The van der Waals surface area contributed by atoms with E-state index in [-0.39, 0.29) is 0 Å². The molecule has 1 atom stereocenters. The molecule has 2 rings (SSSR count). The summed E-state index contributed by atoms with van der Waals surface area (Å²) >= 11 is 0. The van der Waals surface area contributed by atoms with Crippen molar-refractivity contribution >= 4 is 6.34 Å². The van der Waals surface area contributed by atoms with Gasteiger partial charge < -0.3 is 14.7 Å². The highest BCUT2D eigenvalue weighted by molar-refractivity contribution is 5.56. The van der Waals surface area contributed by atoms with E-state index < -0.39 is 6.10 Å². The van der Waals surface area contributed by atoms with Crippen molar-refractivity contribution in [2.24, 2.45) is 5.10 Å². The number of rotatable bonds is 9. The van der Waals surface area contributed by atoms with Crippen molar-refractivity contribution in [3.8, 4) is 5.75 Å². The third-order valence-electron chi connectivity index (χ3n) is 5.25. The molecular formula is C21H35N3O2. The molecule has 0 radical (unpaired) electrons. The highest BCUT2D eigenvalue weighted by Gasteiger charge is 2.21. The van der Waals surface area contributed by atoms with Gasteiger partial charge in [0.1, 0.15) is 18.8 Å². The van der Waals surface area contributed by atoms with E-state index in [2.05, 4.69) is 52.1 Å². The highest BCUT2D eigenvalue weighted by Crippen LogP contribution is 2.38. The molecule has 0 saturated carbocycles. The Labute approximate surface area is 158 Å². The zero-order valence-corrected chi connectivity index (χ0v) is 17.2. The fourth-order valence-electron chi connectivity index (χ4n) is 4.14. The summed E-state index contributed by atoms with van der Waals surface area (Å²) in [4.78, 5) is 1.96. The molecule has 0 fully saturated rings. The molecule has 0 aliphatic carbocycles. The van der Waals surface area contributed by atoms with Crippen molar-refractivity contribution in [1.29, 1.82) is 0 Å². The van der Waals surface area contributed by atoms with E-state index in [1.807, 2.05) is 4.90 Å². The van der Waals surface area contributed by atoms with Gasteiger partial charge in [0.2, 0.25) is 0 Å². The summed E-state index contributed by atoms with van der Waals surface area (Å²) < 4.78 is 6.25. The van der Waals surface area contributed by atoms with Gasteiger partial charge in [0, 0.05) is 13.0 Å². The lowest BCUT2D eigenvalue weighted by Crippen LogP contribution is -2.32. The molecule has 1 aromatic rings. The van der Waals surface area contributed by atoms with Gasteiger partial charge in [-0.25, -0.2) is 0 Å². The molecule has 5 nitrogen and oxygen atoms in total. The second kappa shape index (κ2) is 9.26. The van der Waals surface area contributed by atoms with Crippen LogP contribution < -0.4 is 10.2 Å². The monoisotopic (exact) mass is 361 g/mol. The highest BCUT2D eigenvalue weighted by atomic mass is 16.5. The summed E-state index contributed by atoms with van der Waals surface area (Å²) in [5, 5.41) is 14.2. The van der Waals surface area contributed by atoms with Crippen LogP contribution in [0, 0.1) is 13.8 Å². The van der Waals surface area contributed by atoms with E-state index in [9.17, 15) is 5.11 Å². The summed E-state index contributed by atoms with van der Waals surface area (Å²) in [5.41, 5.74) is 9.72. The standard InChI is InChI=1S/C21H35N3O2/c1-7-18-15(5)20(14(3)4)16(6)21(19(18)8-2)26-10-9-17(25)11-24-12-22-23-13-24/h12,14,17,23,25H,7-11,13H2,1-6H3. The van der Waals surface area contributed by atoms with Crippen LogP contribution in [0.5, 0.6) is 5.75 Å². The van der Waals surface area contributed by atoms with E-state index in [0.29, 0.717) is 32.2 Å². The van der Waals surface area contributed by atoms with Gasteiger partial charge in [-0.2, -0.15) is 5.10 Å². The third kappa shape index (κ3) is 4.50. The molecule has 1 unspecified atom stereocenters. The number of aliphatic hydroxyl groups excluding tert-OH is 1. The van der Waals surface area contributed by atoms with E-state index in [1.165, 1.54) is 27.8 Å². The molecule has 2 N–H and O–H groups in total. The maximum atomic E-state index is 10.3. The number of nitrogens with one attached hydrogen (secondary N) is 1. The third-order valence-corrected chi connectivity index (χ3v) is 5.25. The lowest BCUT2D eigenvalue weighted by Gasteiger charge is -2.25. The molecule has 1 aliphatic rings. The zero-order chi connectivity index (χ0) is 19.3. The molecule has 0 bridgehead atoms. The molecule has 146 valence electrons. The van der Waals surface area contributed by atoms with Gasteiger partial charge in [-0.05, 0) is 60.4 Å². The van der Waals surface area contributed by atoms with Gasteiger partial charge in [-0.15, -0.1) is 0 Å². The number of hydrogen-bond acceptors (Lipinski definition) is 5. The van der Waals surface area contributed by atoms with Gasteiger partial charge in [0.25, 0.3) is 0 Å². The normalized spacial score (nSPS) is 14.8. The van der Waals surface area contributed by atoms with Crippen LogP contribution >= 0.6 is 0 Å². The van der Waals surface area contributed by atoms with E-state index >= 15 is 0 Å².